The highest BCUT2D eigenvalue weighted by Crippen LogP contribution is 2.47. The van der Waals surface area contributed by atoms with Crippen LogP contribution in [0, 0.1) is 17.8 Å². The molecule has 14 heteroatoms. The van der Waals surface area contributed by atoms with Crippen LogP contribution in [0.4, 0.5) is 5.69 Å². The molecule has 2 aliphatic carbocycles. The molecule has 2 amide bonds. The summed E-state index contributed by atoms with van der Waals surface area (Å²) >= 11 is 6.48. The van der Waals surface area contributed by atoms with Crippen molar-refractivity contribution in [3.8, 4) is 11.6 Å². The zero-order chi connectivity index (χ0) is 39.1. The van der Waals surface area contributed by atoms with Crippen molar-refractivity contribution >= 4 is 39.0 Å². The molecule has 7 atom stereocenters. The van der Waals surface area contributed by atoms with Crippen molar-refractivity contribution in [2.75, 3.05) is 45.4 Å². The number of hydrogen-bond donors (Lipinski definition) is 1. The number of carbonyl (C=O) groups is 2. The smallest absolute Gasteiger partial charge is 0.286 e. The predicted molar refractivity (Wildman–Crippen MR) is 212 cm³/mol. The summed E-state index contributed by atoms with van der Waals surface area (Å²) in [5, 5.41) is 4.06. The Morgan fingerprint density at radius 3 is 2.71 bits per heavy atom. The van der Waals surface area contributed by atoms with E-state index in [4.69, 9.17) is 30.5 Å². The normalized spacial score (nSPS) is 30.3. The number of nitrogens with one attached hydrogen (secondary N) is 1. The van der Waals surface area contributed by atoms with E-state index in [9.17, 15) is 9.59 Å². The summed E-state index contributed by atoms with van der Waals surface area (Å²) < 4.78 is 48.0. The zero-order valence-electron chi connectivity index (χ0n) is 32.5. The van der Waals surface area contributed by atoms with Crippen molar-refractivity contribution in [1.29, 1.82) is 0 Å². The van der Waals surface area contributed by atoms with Gasteiger partial charge >= 0.3 is 0 Å². The van der Waals surface area contributed by atoms with Crippen LogP contribution in [0.5, 0.6) is 11.6 Å². The van der Waals surface area contributed by atoms with Gasteiger partial charge in [-0.2, -0.15) is 0 Å². The van der Waals surface area contributed by atoms with E-state index in [-0.39, 0.29) is 28.5 Å². The van der Waals surface area contributed by atoms with E-state index >= 15 is 4.21 Å². The molecule has 1 fully saturated rings. The number of anilines is 1. The lowest BCUT2D eigenvalue weighted by atomic mass is 9.68. The van der Waals surface area contributed by atoms with Gasteiger partial charge in [-0.05, 0) is 112 Å². The lowest BCUT2D eigenvalue weighted by Gasteiger charge is -2.46. The van der Waals surface area contributed by atoms with Crippen molar-refractivity contribution in [3.05, 3.63) is 81.7 Å². The summed E-state index contributed by atoms with van der Waals surface area (Å²) in [4.78, 5) is 30.5. The number of carbonyl (C=O) groups excluding carboxylic acids is 2. The van der Waals surface area contributed by atoms with Crippen molar-refractivity contribution in [1.82, 2.24) is 14.5 Å². The number of amides is 2. The molecular weight excluding hydrogens is 742 g/mol. The number of aromatic nitrogens is 2. The molecule has 1 unspecified atom stereocenters. The largest absolute Gasteiger partial charge is 0.498 e. The minimum absolute atomic E-state index is 0.0605. The van der Waals surface area contributed by atoms with Crippen LogP contribution in [-0.2, 0) is 38.3 Å². The van der Waals surface area contributed by atoms with Gasteiger partial charge in [-0.3, -0.25) is 19.0 Å². The molecule has 12 nitrogen and oxygen atoms in total. The monoisotopic (exact) mass is 793 g/mol. The van der Waals surface area contributed by atoms with E-state index in [2.05, 4.69) is 31.2 Å². The Morgan fingerprint density at radius 1 is 1.16 bits per heavy atom. The van der Waals surface area contributed by atoms with Crippen molar-refractivity contribution < 1.29 is 32.7 Å². The lowest BCUT2D eigenvalue weighted by molar-refractivity contribution is -0.0147. The molecule has 0 radical (unpaired) electrons. The van der Waals surface area contributed by atoms with E-state index in [0.717, 1.165) is 49.4 Å². The number of halogens is 1. The van der Waals surface area contributed by atoms with E-state index in [1.165, 1.54) is 29.1 Å². The molecule has 55 heavy (non-hydrogen) atoms. The first-order valence-electron chi connectivity index (χ1n) is 19.2. The van der Waals surface area contributed by atoms with E-state index in [1.807, 2.05) is 38.1 Å². The summed E-state index contributed by atoms with van der Waals surface area (Å²) in [5.74, 6) is 0.0562. The zero-order valence-corrected chi connectivity index (χ0v) is 34.1. The average molecular weight is 794 g/mol. The van der Waals surface area contributed by atoms with Crippen LogP contribution in [0.25, 0.3) is 0 Å². The summed E-state index contributed by atoms with van der Waals surface area (Å²) in [6.07, 6.45) is 9.02. The minimum atomic E-state index is -3.81. The fourth-order valence-corrected chi connectivity index (χ4v) is 10.9. The van der Waals surface area contributed by atoms with Crippen LogP contribution in [0.1, 0.15) is 84.7 Å². The first-order chi connectivity index (χ1) is 26.4. The fourth-order valence-electron chi connectivity index (χ4n) is 8.91. The standard InChI is InChI=1S/C41H52ClN5O7S/c1-7-53-35-16-17-36(51-5)31-13-10-29(31)21-47-23-41(18-8-9-27-19-30(42)12-14-33(27)41)24-54-37-15-11-28(20-34(37)47)38(48)44-55(50,26(3)25(35)2)45-39(49)32-22-46(4)43-40(32)52-6/h11-12,14-16,19-20,22,25-26,29,31,36H,7-10,13,17-18,21,23-24H2,1-6H3,(H,44,45,48,49,50)/b35-16+/t25-,26-,29+,31-,36+,41+,55?/m1/s1. The number of allylic oxidation sites excluding steroid dienone is 1. The number of aryl methyl sites for hydroxylation is 2. The molecule has 1 saturated carbocycles. The number of fused-ring (bicyclic) bond motifs is 4. The van der Waals surface area contributed by atoms with E-state index < -0.39 is 32.9 Å². The highest BCUT2D eigenvalue weighted by atomic mass is 35.5. The summed E-state index contributed by atoms with van der Waals surface area (Å²) in [6.45, 7) is 7.79. The molecule has 2 aromatic carbocycles. The number of hydrogen-bond acceptors (Lipinski definition) is 9. The van der Waals surface area contributed by atoms with Crippen LogP contribution in [0.2, 0.25) is 5.02 Å². The third kappa shape index (κ3) is 7.59. The molecular formula is C41H52ClN5O7S. The quantitative estimate of drug-likeness (QED) is 0.283. The van der Waals surface area contributed by atoms with Gasteiger partial charge < -0.3 is 23.8 Å². The number of ether oxygens (including phenoxy) is 4. The lowest BCUT2D eigenvalue weighted by Crippen LogP contribution is -2.49. The molecule has 2 aliphatic heterocycles. The number of methoxy groups -OCH3 is 2. The highest BCUT2D eigenvalue weighted by molar-refractivity contribution is 7.93. The van der Waals surface area contributed by atoms with Gasteiger partial charge in [-0.25, -0.2) is 4.21 Å². The highest BCUT2D eigenvalue weighted by Gasteiger charge is 2.45. The van der Waals surface area contributed by atoms with E-state index in [0.29, 0.717) is 49.5 Å². The maximum absolute atomic E-state index is 15.2. The second-order valence-corrected chi connectivity index (χ2v) is 18.2. The van der Waals surface area contributed by atoms with Crippen molar-refractivity contribution in [2.24, 2.45) is 29.2 Å². The van der Waals surface area contributed by atoms with Crippen molar-refractivity contribution in [3.63, 3.8) is 0 Å². The maximum atomic E-state index is 15.2. The molecule has 296 valence electrons. The summed E-state index contributed by atoms with van der Waals surface area (Å²) in [7, 11) is 1.00. The van der Waals surface area contributed by atoms with Gasteiger partial charge in [0, 0.05) is 55.4 Å². The SMILES string of the molecule is CCO/C1=C/C[C@H](OC)[C@@H]2CC[C@H]2CN2C[C@@]3(CCCc4cc(Cl)ccc43)COc3ccc(cc32)C(=O)N=S(=O)(NC(=O)c2cn(C)nc2OC)[C@H](C)[C@H]1C. The van der Waals surface area contributed by atoms with Crippen LogP contribution in [-0.4, -0.2) is 77.7 Å². The van der Waals surface area contributed by atoms with Crippen LogP contribution >= 0.6 is 11.6 Å². The predicted octanol–water partition coefficient (Wildman–Crippen LogP) is 6.90. The Kier molecular flexibility index (Phi) is 11.3. The molecule has 3 aromatic rings. The molecule has 1 N–H and O–H groups in total. The molecule has 1 aromatic heterocycles. The fraction of sp³-hybridized carbons (Fsp3) is 0.537. The van der Waals surface area contributed by atoms with Crippen LogP contribution < -0.4 is 19.1 Å². The van der Waals surface area contributed by atoms with Gasteiger partial charge in [-0.1, -0.05) is 24.6 Å². The summed E-state index contributed by atoms with van der Waals surface area (Å²) in [6, 6.07) is 11.5. The van der Waals surface area contributed by atoms with Gasteiger partial charge in [0.25, 0.3) is 11.8 Å². The van der Waals surface area contributed by atoms with Crippen molar-refractivity contribution in [2.45, 2.75) is 76.1 Å². The Balaban J connectivity index is 1.35. The number of benzene rings is 2. The Hall–Kier alpha value is -4.07. The first-order valence-corrected chi connectivity index (χ1v) is 21.2. The molecule has 7 rings (SSSR count). The topological polar surface area (TPSA) is 134 Å². The second kappa shape index (κ2) is 15.8. The molecule has 0 saturated heterocycles. The third-order valence-corrected chi connectivity index (χ3v) is 14.8. The summed E-state index contributed by atoms with van der Waals surface area (Å²) in [5.41, 5.74) is 3.32. The first kappa shape index (κ1) is 39.2. The molecule has 3 heterocycles. The Labute approximate surface area is 329 Å². The van der Waals surface area contributed by atoms with E-state index in [1.54, 1.807) is 27.1 Å². The second-order valence-electron chi connectivity index (χ2n) is 15.5. The Morgan fingerprint density at radius 2 is 1.98 bits per heavy atom. The van der Waals surface area contributed by atoms with Gasteiger partial charge in [0.15, 0.2) is 0 Å². The van der Waals surface area contributed by atoms with Gasteiger partial charge in [-0.15, -0.1) is 9.46 Å². The molecule has 1 spiro atoms. The average Bonchev–Trinajstić information content (AvgIpc) is 3.48. The minimum Gasteiger partial charge on any atom is -0.498 e. The number of nitrogens with zero attached hydrogens (tertiary/aromatic N) is 4. The molecule has 4 aliphatic rings. The third-order valence-electron chi connectivity index (χ3n) is 12.2. The Bertz CT molecular complexity index is 2110. The van der Waals surface area contributed by atoms with Gasteiger partial charge in [0.05, 0.1) is 43.1 Å². The van der Waals surface area contributed by atoms with Crippen LogP contribution in [0.3, 0.4) is 0 Å². The maximum Gasteiger partial charge on any atom is 0.286 e. The van der Waals surface area contributed by atoms with Crippen LogP contribution in [0.15, 0.2) is 58.8 Å². The number of rotatable bonds is 6. The van der Waals surface area contributed by atoms with Gasteiger partial charge in [0.1, 0.15) is 21.2 Å². The molecule has 2 bridgehead atoms. The van der Waals surface area contributed by atoms with Gasteiger partial charge in [0.2, 0.25) is 5.88 Å².